The average Bonchev–Trinajstić information content (AvgIpc) is 2.17. The molecule has 0 fully saturated rings. The zero-order chi connectivity index (χ0) is 11.4. The Morgan fingerprint density at radius 1 is 1.47 bits per heavy atom. The van der Waals surface area contributed by atoms with Crippen molar-refractivity contribution in [3.05, 3.63) is 48.1 Å². The van der Waals surface area contributed by atoms with Crippen molar-refractivity contribution in [3.8, 4) is 0 Å². The van der Waals surface area contributed by atoms with Gasteiger partial charge in [0.1, 0.15) is 0 Å². The minimum atomic E-state index is 0.336. The molecule has 0 aliphatic heterocycles. The topological polar surface area (TPSA) is 3.24 Å². The van der Waals surface area contributed by atoms with E-state index in [-0.39, 0.29) is 0 Å². The Morgan fingerprint density at radius 3 is 2.60 bits per heavy atom. The van der Waals surface area contributed by atoms with Gasteiger partial charge in [-0.25, -0.2) is 0 Å². The van der Waals surface area contributed by atoms with Gasteiger partial charge in [-0.3, -0.25) is 4.90 Å². The van der Waals surface area contributed by atoms with Crippen molar-refractivity contribution in [1.82, 2.24) is 4.90 Å². The Kier molecular flexibility index (Phi) is 4.10. The van der Waals surface area contributed by atoms with Crippen LogP contribution in [-0.2, 0) is 0 Å². The smallest absolute Gasteiger partial charge is 0.0524 e. The van der Waals surface area contributed by atoms with Gasteiger partial charge in [-0.15, -0.1) is 0 Å². The fourth-order valence-corrected chi connectivity index (χ4v) is 1.82. The maximum atomic E-state index is 4.10. The van der Waals surface area contributed by atoms with Gasteiger partial charge in [0.25, 0.3) is 0 Å². The minimum absolute atomic E-state index is 0.336. The van der Waals surface area contributed by atoms with Crippen LogP contribution < -0.4 is 0 Å². The second kappa shape index (κ2) is 5.13. The zero-order valence-corrected chi connectivity index (χ0v) is 10.1. The number of likely N-dealkylation sites (N-methyl/N-ethyl adjacent to an activating group) is 1. The third-order valence-electron chi connectivity index (χ3n) is 2.70. The first-order valence-corrected chi connectivity index (χ1v) is 5.49. The number of allylic oxidation sites excluding steroid dienone is 3. The highest BCUT2D eigenvalue weighted by Crippen LogP contribution is 2.24. The number of hydrogen-bond donors (Lipinski definition) is 0. The van der Waals surface area contributed by atoms with Crippen molar-refractivity contribution >= 4 is 0 Å². The lowest BCUT2D eigenvalue weighted by molar-refractivity contribution is 0.382. The van der Waals surface area contributed by atoms with Crippen molar-refractivity contribution < 1.29 is 0 Å². The summed E-state index contributed by atoms with van der Waals surface area (Å²) in [5, 5.41) is 0. The Hall–Kier alpha value is -1.08. The quantitative estimate of drug-likeness (QED) is 0.677. The predicted octanol–water partition coefficient (Wildman–Crippen LogP) is 3.33. The minimum Gasteiger partial charge on any atom is -0.299 e. The highest BCUT2D eigenvalue weighted by Gasteiger charge is 2.14. The lowest BCUT2D eigenvalue weighted by atomic mass is 9.92. The Balaban J connectivity index is 2.75. The van der Waals surface area contributed by atoms with Crippen LogP contribution in [0.25, 0.3) is 0 Å². The molecule has 15 heavy (non-hydrogen) atoms. The number of hydrogen-bond acceptors (Lipinski definition) is 1. The summed E-state index contributed by atoms with van der Waals surface area (Å²) in [6.07, 6.45) is 8.72. The molecule has 1 unspecified atom stereocenters. The molecule has 82 valence electrons. The molecule has 1 heteroatoms. The van der Waals surface area contributed by atoms with Crippen LogP contribution in [0.1, 0.15) is 19.8 Å². The van der Waals surface area contributed by atoms with Crippen molar-refractivity contribution in [2.24, 2.45) is 0 Å². The molecule has 0 radical (unpaired) electrons. The fraction of sp³-hybridized carbons (Fsp3) is 0.429. The van der Waals surface area contributed by atoms with E-state index in [0.29, 0.717) is 6.04 Å². The summed E-state index contributed by atoms with van der Waals surface area (Å²) in [4.78, 5) is 2.16. The highest BCUT2D eigenvalue weighted by atomic mass is 15.1. The maximum Gasteiger partial charge on any atom is 0.0524 e. The molecular weight excluding hydrogens is 182 g/mol. The van der Waals surface area contributed by atoms with E-state index in [9.17, 15) is 0 Å². The lowest BCUT2D eigenvalue weighted by Crippen LogP contribution is -2.28. The molecule has 1 aliphatic rings. The Bertz CT molecular complexity index is 318. The molecule has 1 rings (SSSR count). The molecule has 0 aromatic rings. The van der Waals surface area contributed by atoms with Gasteiger partial charge < -0.3 is 0 Å². The van der Waals surface area contributed by atoms with E-state index in [2.05, 4.69) is 57.3 Å². The molecule has 0 bridgehead atoms. The molecule has 0 aromatic carbocycles. The van der Waals surface area contributed by atoms with Gasteiger partial charge in [0.15, 0.2) is 0 Å². The van der Waals surface area contributed by atoms with E-state index >= 15 is 0 Å². The Labute approximate surface area is 93.5 Å². The summed E-state index contributed by atoms with van der Waals surface area (Å²) >= 11 is 0. The van der Waals surface area contributed by atoms with Gasteiger partial charge in [0.2, 0.25) is 0 Å². The van der Waals surface area contributed by atoms with Gasteiger partial charge in [0.05, 0.1) is 6.04 Å². The second-order valence-corrected chi connectivity index (χ2v) is 4.30. The summed E-state index contributed by atoms with van der Waals surface area (Å²) in [7, 11) is 4.14. The van der Waals surface area contributed by atoms with Crippen LogP contribution in [0.2, 0.25) is 0 Å². The normalized spacial score (nSPS) is 20.7. The third-order valence-corrected chi connectivity index (χ3v) is 2.70. The van der Waals surface area contributed by atoms with Crippen molar-refractivity contribution in [2.75, 3.05) is 14.1 Å². The van der Waals surface area contributed by atoms with E-state index in [1.54, 1.807) is 0 Å². The largest absolute Gasteiger partial charge is 0.299 e. The third kappa shape index (κ3) is 2.93. The van der Waals surface area contributed by atoms with Gasteiger partial charge >= 0.3 is 0 Å². The summed E-state index contributed by atoms with van der Waals surface area (Å²) < 4.78 is 0. The molecule has 0 amide bonds. The predicted molar refractivity (Wildman–Crippen MR) is 67.9 cm³/mol. The lowest BCUT2D eigenvalue weighted by Gasteiger charge is -2.25. The van der Waals surface area contributed by atoms with Crippen LogP contribution in [0.15, 0.2) is 48.1 Å². The highest BCUT2D eigenvalue weighted by molar-refractivity contribution is 5.48. The molecule has 0 aromatic heterocycles. The van der Waals surface area contributed by atoms with Crippen LogP contribution in [0.4, 0.5) is 0 Å². The monoisotopic (exact) mass is 203 g/mol. The van der Waals surface area contributed by atoms with Crippen molar-refractivity contribution in [1.29, 1.82) is 0 Å². The molecule has 1 atom stereocenters. The maximum absolute atomic E-state index is 4.10. The summed E-state index contributed by atoms with van der Waals surface area (Å²) in [5.41, 5.74) is 3.60. The van der Waals surface area contributed by atoms with Gasteiger partial charge in [-0.1, -0.05) is 44.7 Å². The van der Waals surface area contributed by atoms with E-state index in [4.69, 9.17) is 0 Å². The fourth-order valence-electron chi connectivity index (χ4n) is 1.82. The molecule has 0 saturated heterocycles. The van der Waals surface area contributed by atoms with Crippen LogP contribution in [0.5, 0.6) is 0 Å². The molecule has 0 spiro atoms. The van der Waals surface area contributed by atoms with E-state index in [1.807, 2.05) is 0 Å². The van der Waals surface area contributed by atoms with Crippen LogP contribution in [0.3, 0.4) is 0 Å². The van der Waals surface area contributed by atoms with E-state index < -0.39 is 0 Å². The SMILES string of the molecule is C=C(CCC)C1=CC(=C)C(N(C)C)C=C1. The zero-order valence-electron chi connectivity index (χ0n) is 10.1. The average molecular weight is 203 g/mol. The summed E-state index contributed by atoms with van der Waals surface area (Å²) in [6, 6.07) is 0.336. The molecule has 0 saturated carbocycles. The number of nitrogens with zero attached hydrogens (tertiary/aromatic N) is 1. The van der Waals surface area contributed by atoms with E-state index in [0.717, 1.165) is 18.4 Å². The van der Waals surface area contributed by atoms with Crippen LogP contribution in [-0.4, -0.2) is 25.0 Å². The molecular formula is C14H21N. The van der Waals surface area contributed by atoms with Crippen molar-refractivity contribution in [3.63, 3.8) is 0 Å². The second-order valence-electron chi connectivity index (χ2n) is 4.30. The standard InChI is InChI=1S/C14H21N/c1-6-7-11(2)13-8-9-14(15(4)5)12(3)10-13/h8-10,14H,2-3,6-7H2,1,4-5H3. The van der Waals surface area contributed by atoms with Crippen LogP contribution in [0, 0.1) is 0 Å². The summed E-state index contributed by atoms with van der Waals surface area (Å²) in [6.45, 7) is 10.4. The van der Waals surface area contributed by atoms with Gasteiger partial charge in [-0.2, -0.15) is 0 Å². The first kappa shape index (κ1) is 12.0. The Morgan fingerprint density at radius 2 is 2.13 bits per heavy atom. The van der Waals surface area contributed by atoms with E-state index in [1.165, 1.54) is 11.1 Å². The molecule has 1 nitrogen and oxygen atoms in total. The van der Waals surface area contributed by atoms with Gasteiger partial charge in [-0.05, 0) is 37.2 Å². The number of rotatable bonds is 4. The molecule has 1 aliphatic carbocycles. The summed E-state index contributed by atoms with van der Waals surface area (Å²) in [5.74, 6) is 0. The molecule has 0 heterocycles. The first-order valence-electron chi connectivity index (χ1n) is 5.49. The molecule has 0 N–H and O–H groups in total. The van der Waals surface area contributed by atoms with Gasteiger partial charge in [0, 0.05) is 0 Å². The first-order chi connectivity index (χ1) is 7.06. The van der Waals surface area contributed by atoms with Crippen LogP contribution >= 0.6 is 0 Å². The van der Waals surface area contributed by atoms with Crippen molar-refractivity contribution in [2.45, 2.75) is 25.8 Å².